The van der Waals surface area contributed by atoms with Crippen LogP contribution in [0.2, 0.25) is 5.02 Å². The van der Waals surface area contributed by atoms with Gasteiger partial charge in [0.15, 0.2) is 0 Å². The Morgan fingerprint density at radius 2 is 2.12 bits per heavy atom. The molecular formula is C12H12BrClN2O. The Bertz CT molecular complexity index is 566. The highest BCUT2D eigenvalue weighted by molar-refractivity contribution is 9.10. The van der Waals surface area contributed by atoms with Crippen molar-refractivity contribution in [2.24, 2.45) is 7.05 Å². The van der Waals surface area contributed by atoms with Gasteiger partial charge in [-0.1, -0.05) is 11.6 Å². The van der Waals surface area contributed by atoms with E-state index in [1.54, 1.807) is 7.11 Å². The van der Waals surface area contributed by atoms with Gasteiger partial charge in [0, 0.05) is 12.6 Å². The molecule has 0 amide bonds. The molecule has 1 heterocycles. The molecule has 2 rings (SSSR count). The number of nitrogens with zero attached hydrogens (tertiary/aromatic N) is 2. The smallest absolute Gasteiger partial charge is 0.137 e. The first-order valence-corrected chi connectivity index (χ1v) is 6.24. The number of methoxy groups -OCH3 is 1. The lowest BCUT2D eigenvalue weighted by atomic mass is 10.1. The summed E-state index contributed by atoms with van der Waals surface area (Å²) in [6.07, 6.45) is 0. The number of rotatable bonds is 2. The van der Waals surface area contributed by atoms with Gasteiger partial charge in [0.1, 0.15) is 21.9 Å². The van der Waals surface area contributed by atoms with E-state index in [0.29, 0.717) is 10.8 Å². The third-order valence-electron chi connectivity index (χ3n) is 2.67. The fourth-order valence-corrected chi connectivity index (χ4v) is 2.41. The Labute approximate surface area is 114 Å². The topological polar surface area (TPSA) is 27.1 Å². The largest absolute Gasteiger partial charge is 0.495 e. The van der Waals surface area contributed by atoms with Gasteiger partial charge in [-0.3, -0.25) is 0 Å². The van der Waals surface area contributed by atoms with Crippen LogP contribution in [0, 0.1) is 6.92 Å². The minimum Gasteiger partial charge on any atom is -0.495 e. The molecule has 0 atom stereocenters. The molecule has 0 saturated carbocycles. The van der Waals surface area contributed by atoms with Crippen molar-refractivity contribution in [3.63, 3.8) is 0 Å². The molecule has 3 nitrogen and oxygen atoms in total. The lowest BCUT2D eigenvalue weighted by Crippen LogP contribution is -1.90. The summed E-state index contributed by atoms with van der Waals surface area (Å²) in [6.45, 7) is 1.96. The van der Waals surface area contributed by atoms with E-state index in [9.17, 15) is 0 Å². The molecule has 0 fully saturated rings. The fourth-order valence-electron chi connectivity index (χ4n) is 1.58. The van der Waals surface area contributed by atoms with Crippen LogP contribution >= 0.6 is 27.5 Å². The summed E-state index contributed by atoms with van der Waals surface area (Å²) in [5.41, 5.74) is 1.85. The second-order valence-electron chi connectivity index (χ2n) is 3.71. The number of halogens is 2. The van der Waals surface area contributed by atoms with Crippen molar-refractivity contribution in [2.75, 3.05) is 7.11 Å². The Kier molecular flexibility index (Phi) is 3.45. The van der Waals surface area contributed by atoms with E-state index in [4.69, 9.17) is 16.3 Å². The van der Waals surface area contributed by atoms with Crippen molar-refractivity contribution in [3.05, 3.63) is 33.6 Å². The maximum atomic E-state index is 6.10. The number of ether oxygens (including phenoxy) is 1. The van der Waals surface area contributed by atoms with E-state index in [0.717, 1.165) is 21.7 Å². The van der Waals surface area contributed by atoms with Gasteiger partial charge in [0.2, 0.25) is 0 Å². The van der Waals surface area contributed by atoms with Crippen LogP contribution in [0.1, 0.15) is 5.82 Å². The molecule has 0 unspecified atom stereocenters. The zero-order valence-corrected chi connectivity index (χ0v) is 12.1. The van der Waals surface area contributed by atoms with Crippen LogP contribution in [0.5, 0.6) is 5.75 Å². The molecule has 0 aliphatic rings. The molecule has 0 bridgehead atoms. The van der Waals surface area contributed by atoms with E-state index in [-0.39, 0.29) is 0 Å². The second-order valence-corrected chi connectivity index (χ2v) is 4.87. The lowest BCUT2D eigenvalue weighted by Gasteiger charge is -2.05. The Balaban J connectivity index is 2.53. The van der Waals surface area contributed by atoms with Crippen molar-refractivity contribution in [1.82, 2.24) is 9.55 Å². The number of hydrogen-bond donors (Lipinski definition) is 0. The molecule has 0 saturated heterocycles. The summed E-state index contributed by atoms with van der Waals surface area (Å²) in [7, 11) is 3.56. The third kappa shape index (κ3) is 2.19. The van der Waals surface area contributed by atoms with Crippen LogP contribution in [0.4, 0.5) is 0 Å². The Morgan fingerprint density at radius 3 is 2.59 bits per heavy atom. The van der Waals surface area contributed by atoms with Crippen molar-refractivity contribution in [3.8, 4) is 17.0 Å². The first kappa shape index (κ1) is 12.5. The van der Waals surface area contributed by atoms with Crippen LogP contribution in [0.15, 0.2) is 22.8 Å². The predicted octanol–water partition coefficient (Wildman–Crippen LogP) is 3.82. The van der Waals surface area contributed by atoms with Crippen molar-refractivity contribution < 1.29 is 4.74 Å². The number of benzene rings is 1. The zero-order valence-electron chi connectivity index (χ0n) is 9.79. The van der Waals surface area contributed by atoms with Gasteiger partial charge in [-0.15, -0.1) is 0 Å². The summed E-state index contributed by atoms with van der Waals surface area (Å²) in [4.78, 5) is 4.49. The molecular weight excluding hydrogens is 304 g/mol. The van der Waals surface area contributed by atoms with Crippen molar-refractivity contribution >= 4 is 27.5 Å². The first-order valence-electron chi connectivity index (χ1n) is 5.07. The fraction of sp³-hybridized carbons (Fsp3) is 0.250. The molecule has 1 aromatic heterocycles. The second kappa shape index (κ2) is 4.70. The summed E-state index contributed by atoms with van der Waals surface area (Å²) in [5.74, 6) is 1.61. The molecule has 5 heteroatoms. The third-order valence-corrected chi connectivity index (χ3v) is 3.88. The van der Waals surface area contributed by atoms with Gasteiger partial charge in [-0.25, -0.2) is 4.98 Å². The molecule has 0 aliphatic heterocycles. The molecule has 0 radical (unpaired) electrons. The van der Waals surface area contributed by atoms with Crippen LogP contribution in [-0.2, 0) is 7.05 Å². The van der Waals surface area contributed by atoms with Gasteiger partial charge in [0.25, 0.3) is 0 Å². The minimum atomic E-state index is 0.584. The van der Waals surface area contributed by atoms with E-state index in [1.807, 2.05) is 36.7 Å². The number of aromatic nitrogens is 2. The highest BCUT2D eigenvalue weighted by Crippen LogP contribution is 2.33. The van der Waals surface area contributed by atoms with Crippen LogP contribution in [0.3, 0.4) is 0 Å². The monoisotopic (exact) mass is 314 g/mol. The lowest BCUT2D eigenvalue weighted by molar-refractivity contribution is 0.415. The molecule has 0 N–H and O–H groups in total. The Morgan fingerprint density at radius 1 is 1.41 bits per heavy atom. The maximum absolute atomic E-state index is 6.10. The highest BCUT2D eigenvalue weighted by atomic mass is 79.9. The average Bonchev–Trinajstić information content (AvgIpc) is 2.57. The van der Waals surface area contributed by atoms with E-state index >= 15 is 0 Å². The normalized spacial score (nSPS) is 10.6. The summed E-state index contributed by atoms with van der Waals surface area (Å²) in [5, 5.41) is 0.584. The highest BCUT2D eigenvalue weighted by Gasteiger charge is 2.13. The van der Waals surface area contributed by atoms with Crippen LogP contribution < -0.4 is 4.74 Å². The van der Waals surface area contributed by atoms with Crippen molar-refractivity contribution in [1.29, 1.82) is 0 Å². The van der Waals surface area contributed by atoms with Crippen LogP contribution in [0.25, 0.3) is 11.3 Å². The number of aryl methyl sites for hydroxylation is 1. The molecule has 17 heavy (non-hydrogen) atoms. The van der Waals surface area contributed by atoms with Crippen molar-refractivity contribution in [2.45, 2.75) is 6.92 Å². The van der Waals surface area contributed by atoms with Gasteiger partial charge in [-0.05, 0) is 41.1 Å². The molecule has 0 aliphatic carbocycles. The number of hydrogen-bond acceptors (Lipinski definition) is 2. The summed E-state index contributed by atoms with van der Waals surface area (Å²) >= 11 is 9.63. The molecule has 2 aromatic rings. The SMILES string of the molecule is COc1ccc(-c2nc(C)n(C)c2Br)cc1Cl. The van der Waals surface area contributed by atoms with E-state index < -0.39 is 0 Å². The molecule has 0 spiro atoms. The maximum Gasteiger partial charge on any atom is 0.137 e. The molecule has 90 valence electrons. The zero-order chi connectivity index (χ0) is 12.6. The van der Waals surface area contributed by atoms with Gasteiger partial charge < -0.3 is 9.30 Å². The quantitative estimate of drug-likeness (QED) is 0.842. The predicted molar refractivity (Wildman–Crippen MR) is 72.6 cm³/mol. The van der Waals surface area contributed by atoms with Gasteiger partial charge >= 0.3 is 0 Å². The van der Waals surface area contributed by atoms with Gasteiger partial charge in [-0.2, -0.15) is 0 Å². The van der Waals surface area contributed by atoms with E-state index in [2.05, 4.69) is 20.9 Å². The molecule has 1 aromatic carbocycles. The van der Waals surface area contributed by atoms with E-state index in [1.165, 1.54) is 0 Å². The standard InChI is InChI=1S/C12H12BrClN2O/c1-7-15-11(12(13)16(7)2)8-4-5-10(17-3)9(14)6-8/h4-6H,1-3H3. The average molecular weight is 316 g/mol. The Hall–Kier alpha value is -1.00. The summed E-state index contributed by atoms with van der Waals surface area (Å²) in [6, 6.07) is 5.64. The number of imidazole rings is 1. The first-order chi connectivity index (χ1) is 8.04. The van der Waals surface area contributed by atoms with Crippen LogP contribution in [-0.4, -0.2) is 16.7 Å². The summed E-state index contributed by atoms with van der Waals surface area (Å²) < 4.78 is 8.05. The van der Waals surface area contributed by atoms with Gasteiger partial charge in [0.05, 0.1) is 12.1 Å². The minimum absolute atomic E-state index is 0.584.